The molecule has 3 rings (SSSR count). The van der Waals surface area contributed by atoms with Crippen LogP contribution in [0, 0.1) is 0 Å². The standard InChI is InChI=1S/C14H20ClN3O3S/c1-10-8-21-6-5-18(10)12-7-11(16-13(15)17-12)14(3-2-4-14)9-22(19)20/h7,10H,2-6,8-9H2,1H3,(H,19,20)/p-1/t10-/m0/s1. The Morgan fingerprint density at radius 3 is 2.91 bits per heavy atom. The van der Waals surface area contributed by atoms with Gasteiger partial charge < -0.3 is 14.2 Å². The van der Waals surface area contributed by atoms with Crippen LogP contribution in [-0.4, -0.2) is 50.3 Å². The van der Waals surface area contributed by atoms with Gasteiger partial charge in [0.15, 0.2) is 0 Å². The van der Waals surface area contributed by atoms with Crippen molar-refractivity contribution in [2.75, 3.05) is 30.4 Å². The van der Waals surface area contributed by atoms with Crippen LogP contribution in [0.5, 0.6) is 0 Å². The van der Waals surface area contributed by atoms with Gasteiger partial charge in [0, 0.05) is 23.8 Å². The summed E-state index contributed by atoms with van der Waals surface area (Å²) in [5.41, 5.74) is 0.348. The lowest BCUT2D eigenvalue weighted by Gasteiger charge is -2.42. The number of morpholine rings is 1. The molecule has 1 aromatic heterocycles. The summed E-state index contributed by atoms with van der Waals surface area (Å²) in [5.74, 6) is 0.854. The van der Waals surface area contributed by atoms with Gasteiger partial charge in [0.25, 0.3) is 0 Å². The number of anilines is 1. The van der Waals surface area contributed by atoms with Gasteiger partial charge in [-0.1, -0.05) is 17.5 Å². The van der Waals surface area contributed by atoms with Crippen LogP contribution in [0.2, 0.25) is 5.28 Å². The molecule has 0 radical (unpaired) electrons. The van der Waals surface area contributed by atoms with Crippen molar-refractivity contribution in [1.82, 2.24) is 9.97 Å². The summed E-state index contributed by atoms with van der Waals surface area (Å²) in [7, 11) is 0. The van der Waals surface area contributed by atoms with Crippen LogP contribution in [0.25, 0.3) is 0 Å². The van der Waals surface area contributed by atoms with Crippen molar-refractivity contribution >= 4 is 28.5 Å². The summed E-state index contributed by atoms with van der Waals surface area (Å²) in [5, 5.41) is 0.175. The number of halogens is 1. The van der Waals surface area contributed by atoms with Gasteiger partial charge in [-0.3, -0.25) is 4.21 Å². The van der Waals surface area contributed by atoms with Gasteiger partial charge >= 0.3 is 0 Å². The molecule has 0 spiro atoms. The molecule has 0 amide bonds. The topological polar surface area (TPSA) is 78.4 Å². The van der Waals surface area contributed by atoms with Crippen molar-refractivity contribution in [1.29, 1.82) is 0 Å². The van der Waals surface area contributed by atoms with Gasteiger partial charge in [-0.2, -0.15) is 0 Å². The van der Waals surface area contributed by atoms with Gasteiger partial charge in [0.2, 0.25) is 5.28 Å². The highest BCUT2D eigenvalue weighted by Crippen LogP contribution is 2.44. The Hall–Kier alpha value is -0.760. The molecule has 2 heterocycles. The Balaban J connectivity index is 1.94. The Morgan fingerprint density at radius 2 is 2.32 bits per heavy atom. The second-order valence-corrected chi connectivity index (χ2v) is 7.31. The van der Waals surface area contributed by atoms with Crippen molar-refractivity contribution in [3.63, 3.8) is 0 Å². The summed E-state index contributed by atoms with van der Waals surface area (Å²) in [4.78, 5) is 10.8. The highest BCUT2D eigenvalue weighted by molar-refractivity contribution is 7.79. The first-order chi connectivity index (χ1) is 10.5. The maximum atomic E-state index is 11.2. The first-order valence-electron chi connectivity index (χ1n) is 7.45. The maximum Gasteiger partial charge on any atom is 0.224 e. The first kappa shape index (κ1) is 16.1. The normalized spacial score (nSPS) is 25.6. The van der Waals surface area contributed by atoms with Crippen LogP contribution in [0.15, 0.2) is 6.07 Å². The molecule has 1 aliphatic carbocycles. The van der Waals surface area contributed by atoms with E-state index in [0.717, 1.165) is 37.3 Å². The Bertz CT molecular complexity index is 582. The number of aromatic nitrogens is 2. The van der Waals surface area contributed by atoms with E-state index in [4.69, 9.17) is 16.3 Å². The Kier molecular flexibility index (Phi) is 4.68. The molecule has 1 aromatic rings. The number of rotatable bonds is 4. The molecule has 0 bridgehead atoms. The summed E-state index contributed by atoms with van der Waals surface area (Å²) in [6.07, 6.45) is 2.67. The van der Waals surface area contributed by atoms with E-state index in [0.29, 0.717) is 13.2 Å². The molecule has 2 atom stereocenters. The van der Waals surface area contributed by atoms with E-state index in [1.54, 1.807) is 0 Å². The van der Waals surface area contributed by atoms with E-state index in [1.165, 1.54) is 0 Å². The van der Waals surface area contributed by atoms with E-state index in [1.807, 2.05) is 6.07 Å². The largest absolute Gasteiger partial charge is 0.772 e. The van der Waals surface area contributed by atoms with Gasteiger partial charge in [0.1, 0.15) is 5.82 Å². The van der Waals surface area contributed by atoms with Crippen LogP contribution in [0.4, 0.5) is 5.82 Å². The van der Waals surface area contributed by atoms with Crippen LogP contribution in [-0.2, 0) is 21.2 Å². The highest BCUT2D eigenvalue weighted by Gasteiger charge is 2.41. The predicted molar refractivity (Wildman–Crippen MR) is 84.0 cm³/mol. The van der Waals surface area contributed by atoms with Crippen molar-refractivity contribution in [2.24, 2.45) is 0 Å². The van der Waals surface area contributed by atoms with E-state index in [-0.39, 0.29) is 17.1 Å². The molecule has 2 fully saturated rings. The van der Waals surface area contributed by atoms with Crippen molar-refractivity contribution in [3.8, 4) is 0 Å². The predicted octanol–water partition coefficient (Wildman–Crippen LogP) is 1.66. The van der Waals surface area contributed by atoms with Crippen molar-refractivity contribution in [3.05, 3.63) is 17.0 Å². The monoisotopic (exact) mass is 344 g/mol. The van der Waals surface area contributed by atoms with Crippen molar-refractivity contribution < 1.29 is 13.5 Å². The van der Waals surface area contributed by atoms with Crippen LogP contribution in [0.1, 0.15) is 31.9 Å². The van der Waals surface area contributed by atoms with E-state index in [2.05, 4.69) is 21.8 Å². The lowest BCUT2D eigenvalue weighted by molar-refractivity contribution is 0.0985. The molecule has 22 heavy (non-hydrogen) atoms. The smallest absolute Gasteiger partial charge is 0.224 e. The second-order valence-electron chi connectivity index (χ2n) is 6.08. The molecule has 0 aromatic carbocycles. The van der Waals surface area contributed by atoms with E-state index >= 15 is 0 Å². The SMILES string of the molecule is C[C@H]1COCCN1c1cc(C2(CS(=O)[O-])CCC2)nc(Cl)n1. The fourth-order valence-electron chi connectivity index (χ4n) is 3.20. The molecule has 1 aliphatic heterocycles. The van der Waals surface area contributed by atoms with Gasteiger partial charge in [-0.05, 0) is 31.4 Å². The quantitative estimate of drug-likeness (QED) is 0.610. The van der Waals surface area contributed by atoms with Crippen LogP contribution >= 0.6 is 11.6 Å². The minimum atomic E-state index is -2.10. The maximum absolute atomic E-state index is 11.2. The zero-order chi connectivity index (χ0) is 15.7. The summed E-state index contributed by atoms with van der Waals surface area (Å²) < 4.78 is 27.8. The highest BCUT2D eigenvalue weighted by atomic mass is 35.5. The third-order valence-electron chi connectivity index (χ3n) is 4.60. The fourth-order valence-corrected chi connectivity index (χ4v) is 4.26. The zero-order valence-electron chi connectivity index (χ0n) is 12.5. The third-order valence-corrected chi connectivity index (χ3v) is 5.55. The third kappa shape index (κ3) is 3.13. The van der Waals surface area contributed by atoms with Crippen molar-refractivity contribution in [2.45, 2.75) is 37.6 Å². The van der Waals surface area contributed by atoms with E-state index in [9.17, 15) is 8.76 Å². The number of hydrogen-bond acceptors (Lipinski definition) is 6. The summed E-state index contributed by atoms with van der Waals surface area (Å²) >= 11 is 4.01. The Morgan fingerprint density at radius 1 is 1.55 bits per heavy atom. The average molecular weight is 345 g/mol. The molecular formula is C14H19ClN3O3S-. The number of ether oxygens (including phenoxy) is 1. The zero-order valence-corrected chi connectivity index (χ0v) is 14.0. The molecule has 1 saturated heterocycles. The van der Waals surface area contributed by atoms with Gasteiger partial charge in [-0.15, -0.1) is 0 Å². The molecule has 2 aliphatic rings. The minimum absolute atomic E-state index is 0.0957. The summed E-state index contributed by atoms with van der Waals surface area (Å²) in [6.45, 7) is 4.11. The van der Waals surface area contributed by atoms with Gasteiger partial charge in [0.05, 0.1) is 24.9 Å². The molecule has 1 saturated carbocycles. The van der Waals surface area contributed by atoms with Gasteiger partial charge in [-0.25, -0.2) is 9.97 Å². The van der Waals surface area contributed by atoms with Crippen LogP contribution in [0.3, 0.4) is 0 Å². The minimum Gasteiger partial charge on any atom is -0.772 e. The number of hydrogen-bond donors (Lipinski definition) is 0. The molecule has 122 valence electrons. The molecular weight excluding hydrogens is 326 g/mol. The fraction of sp³-hybridized carbons (Fsp3) is 0.714. The Labute approximate surface area is 137 Å². The lowest BCUT2D eigenvalue weighted by Crippen LogP contribution is -2.45. The molecule has 0 N–H and O–H groups in total. The average Bonchev–Trinajstić information content (AvgIpc) is 2.42. The first-order valence-corrected chi connectivity index (χ1v) is 9.08. The number of nitrogens with zero attached hydrogens (tertiary/aromatic N) is 3. The molecule has 6 nitrogen and oxygen atoms in total. The molecule has 1 unspecified atom stereocenters. The molecule has 8 heteroatoms. The van der Waals surface area contributed by atoms with E-state index < -0.39 is 16.5 Å². The second kappa shape index (κ2) is 6.39. The van der Waals surface area contributed by atoms with Crippen LogP contribution < -0.4 is 4.90 Å². The lowest BCUT2D eigenvalue weighted by atomic mass is 9.68. The summed E-state index contributed by atoms with van der Waals surface area (Å²) in [6, 6.07) is 2.11.